The fourth-order valence-corrected chi connectivity index (χ4v) is 2.79. The van der Waals surface area contributed by atoms with E-state index in [9.17, 15) is 4.79 Å². The first-order chi connectivity index (χ1) is 9.09. The second kappa shape index (κ2) is 6.40. The van der Waals surface area contributed by atoms with E-state index in [1.165, 1.54) is 0 Å². The van der Waals surface area contributed by atoms with Crippen molar-refractivity contribution < 1.29 is 9.90 Å². The maximum Gasteiger partial charge on any atom is 0.307 e. The van der Waals surface area contributed by atoms with Gasteiger partial charge in [0.1, 0.15) is 0 Å². The quantitative estimate of drug-likeness (QED) is 0.835. The molecule has 0 unspecified atom stereocenters. The third-order valence-corrected chi connectivity index (χ3v) is 3.19. The molecule has 0 atom stereocenters. The van der Waals surface area contributed by atoms with E-state index in [2.05, 4.69) is 39.9 Å². The van der Waals surface area contributed by atoms with Gasteiger partial charge in [0.2, 0.25) is 0 Å². The van der Waals surface area contributed by atoms with Gasteiger partial charge in [0.05, 0.1) is 6.42 Å². The maximum atomic E-state index is 10.9. The van der Waals surface area contributed by atoms with Crippen LogP contribution in [0.1, 0.15) is 52.2 Å². The molecule has 3 heteroatoms. The highest BCUT2D eigenvalue weighted by Crippen LogP contribution is 2.27. The lowest BCUT2D eigenvalue weighted by Crippen LogP contribution is -2.42. The van der Waals surface area contributed by atoms with Crippen LogP contribution in [0.3, 0.4) is 0 Å². The lowest BCUT2D eigenvalue weighted by molar-refractivity contribution is -0.136. The van der Waals surface area contributed by atoms with Crippen LogP contribution in [0.15, 0.2) is 24.3 Å². The fraction of sp³-hybridized carbons (Fsp3) is 0.588. The normalized spacial score (nSPS) is 12.4. The number of aliphatic carboxylic acids is 1. The Bertz CT molecular complexity index is 458. The molecule has 0 aromatic heterocycles. The standard InChI is InChI=1S/C17H27NO2/c1-16(2,3)12-17(4,5)18-11-14-9-7-6-8-13(14)10-15(19)20/h6-9,18H,10-12H2,1-5H3,(H,19,20). The predicted molar refractivity (Wildman–Crippen MR) is 82.8 cm³/mol. The fourth-order valence-electron chi connectivity index (χ4n) is 2.79. The maximum absolute atomic E-state index is 10.9. The molecule has 20 heavy (non-hydrogen) atoms. The van der Waals surface area contributed by atoms with Crippen LogP contribution in [0.5, 0.6) is 0 Å². The molecule has 0 saturated heterocycles. The zero-order chi connectivity index (χ0) is 15.4. The first-order valence-corrected chi connectivity index (χ1v) is 7.13. The van der Waals surface area contributed by atoms with Gasteiger partial charge < -0.3 is 10.4 Å². The van der Waals surface area contributed by atoms with Crippen LogP contribution in [0.4, 0.5) is 0 Å². The van der Waals surface area contributed by atoms with Crippen LogP contribution in [0.25, 0.3) is 0 Å². The largest absolute Gasteiger partial charge is 0.481 e. The zero-order valence-electron chi connectivity index (χ0n) is 13.3. The average molecular weight is 277 g/mol. The number of carboxylic acid groups (broad SMARTS) is 1. The van der Waals surface area contributed by atoms with Crippen molar-refractivity contribution in [3.8, 4) is 0 Å². The van der Waals surface area contributed by atoms with Gasteiger partial charge in [-0.05, 0) is 36.8 Å². The molecule has 0 heterocycles. The molecule has 0 aliphatic rings. The molecule has 0 aliphatic heterocycles. The first kappa shape index (κ1) is 16.7. The van der Waals surface area contributed by atoms with Gasteiger partial charge in [0, 0.05) is 12.1 Å². The molecule has 0 fully saturated rings. The Morgan fingerprint density at radius 2 is 1.65 bits per heavy atom. The van der Waals surface area contributed by atoms with Crippen molar-refractivity contribution in [2.75, 3.05) is 0 Å². The van der Waals surface area contributed by atoms with Gasteiger partial charge in [-0.3, -0.25) is 4.79 Å². The van der Waals surface area contributed by atoms with E-state index in [-0.39, 0.29) is 17.4 Å². The monoisotopic (exact) mass is 277 g/mol. The minimum absolute atomic E-state index is 0.0224. The Morgan fingerprint density at radius 3 is 2.15 bits per heavy atom. The van der Waals surface area contributed by atoms with Crippen LogP contribution in [0, 0.1) is 5.41 Å². The number of benzene rings is 1. The molecule has 0 bridgehead atoms. The number of hydrogen-bond acceptors (Lipinski definition) is 2. The van der Waals surface area contributed by atoms with E-state index >= 15 is 0 Å². The van der Waals surface area contributed by atoms with E-state index in [4.69, 9.17) is 5.11 Å². The van der Waals surface area contributed by atoms with Crippen molar-refractivity contribution in [1.29, 1.82) is 0 Å². The highest BCUT2D eigenvalue weighted by atomic mass is 16.4. The molecule has 1 aromatic carbocycles. The molecular weight excluding hydrogens is 250 g/mol. The van der Waals surface area contributed by atoms with E-state index < -0.39 is 5.97 Å². The summed E-state index contributed by atoms with van der Waals surface area (Å²) < 4.78 is 0. The molecule has 3 nitrogen and oxygen atoms in total. The smallest absolute Gasteiger partial charge is 0.307 e. The number of hydrogen-bond donors (Lipinski definition) is 2. The van der Waals surface area contributed by atoms with Crippen molar-refractivity contribution in [2.45, 2.75) is 59.5 Å². The third-order valence-electron chi connectivity index (χ3n) is 3.19. The summed E-state index contributed by atoms with van der Waals surface area (Å²) in [6, 6.07) is 7.74. The SMILES string of the molecule is CC(C)(C)CC(C)(C)NCc1ccccc1CC(=O)O. The minimum Gasteiger partial charge on any atom is -0.481 e. The summed E-state index contributed by atoms with van der Waals surface area (Å²) in [5.41, 5.74) is 2.24. The van der Waals surface area contributed by atoms with Crippen molar-refractivity contribution in [3.63, 3.8) is 0 Å². The lowest BCUT2D eigenvalue weighted by Gasteiger charge is -2.33. The molecule has 0 saturated carbocycles. The van der Waals surface area contributed by atoms with Gasteiger partial charge >= 0.3 is 5.97 Å². The number of carboxylic acids is 1. The van der Waals surface area contributed by atoms with E-state index in [0.717, 1.165) is 17.5 Å². The van der Waals surface area contributed by atoms with Crippen molar-refractivity contribution in [2.24, 2.45) is 5.41 Å². The van der Waals surface area contributed by atoms with Crippen LogP contribution >= 0.6 is 0 Å². The summed E-state index contributed by atoms with van der Waals surface area (Å²) in [5.74, 6) is -0.786. The van der Waals surface area contributed by atoms with Gasteiger partial charge in [-0.2, -0.15) is 0 Å². The van der Waals surface area contributed by atoms with Crippen molar-refractivity contribution in [1.82, 2.24) is 5.32 Å². The highest BCUT2D eigenvalue weighted by molar-refractivity contribution is 5.70. The minimum atomic E-state index is -0.786. The number of carbonyl (C=O) groups is 1. The molecule has 2 N–H and O–H groups in total. The van der Waals surface area contributed by atoms with Crippen LogP contribution in [0.2, 0.25) is 0 Å². The molecule has 0 radical (unpaired) electrons. The lowest BCUT2D eigenvalue weighted by atomic mass is 9.81. The summed E-state index contributed by atoms with van der Waals surface area (Å²) in [7, 11) is 0. The Balaban J connectivity index is 2.72. The predicted octanol–water partition coefficient (Wildman–Crippen LogP) is 3.62. The number of rotatable bonds is 6. The topological polar surface area (TPSA) is 49.3 Å². The Hall–Kier alpha value is -1.35. The molecule has 0 amide bonds. The summed E-state index contributed by atoms with van der Waals surface area (Å²) in [5, 5.41) is 12.5. The molecule has 1 rings (SSSR count). The van der Waals surface area contributed by atoms with Crippen LogP contribution in [-0.4, -0.2) is 16.6 Å². The summed E-state index contributed by atoms with van der Waals surface area (Å²) in [6.45, 7) is 11.8. The molecule has 1 aromatic rings. The third kappa shape index (κ3) is 6.20. The first-order valence-electron chi connectivity index (χ1n) is 7.13. The molecule has 0 aliphatic carbocycles. The van der Waals surface area contributed by atoms with Crippen molar-refractivity contribution >= 4 is 5.97 Å². The second-order valence-electron chi connectivity index (χ2n) is 7.31. The molecule has 112 valence electrons. The summed E-state index contributed by atoms with van der Waals surface area (Å²) >= 11 is 0. The van der Waals surface area contributed by atoms with Crippen LogP contribution in [-0.2, 0) is 17.8 Å². The Kier molecular flexibility index (Phi) is 5.35. The van der Waals surface area contributed by atoms with Crippen LogP contribution < -0.4 is 5.32 Å². The van der Waals surface area contributed by atoms with Crippen molar-refractivity contribution in [3.05, 3.63) is 35.4 Å². The van der Waals surface area contributed by atoms with E-state index in [0.29, 0.717) is 6.54 Å². The van der Waals surface area contributed by atoms with Gasteiger partial charge in [-0.1, -0.05) is 45.0 Å². The summed E-state index contributed by atoms with van der Waals surface area (Å²) in [4.78, 5) is 10.9. The van der Waals surface area contributed by atoms with Gasteiger partial charge in [-0.15, -0.1) is 0 Å². The second-order valence-corrected chi connectivity index (χ2v) is 7.31. The Labute approximate surface area is 122 Å². The Morgan fingerprint density at radius 1 is 1.10 bits per heavy atom. The van der Waals surface area contributed by atoms with Gasteiger partial charge in [0.25, 0.3) is 0 Å². The van der Waals surface area contributed by atoms with E-state index in [1.807, 2.05) is 24.3 Å². The zero-order valence-corrected chi connectivity index (χ0v) is 13.3. The molecule has 0 spiro atoms. The summed E-state index contributed by atoms with van der Waals surface area (Å²) in [6.07, 6.45) is 1.14. The number of nitrogens with one attached hydrogen (secondary N) is 1. The van der Waals surface area contributed by atoms with Gasteiger partial charge in [0.15, 0.2) is 0 Å². The highest BCUT2D eigenvalue weighted by Gasteiger charge is 2.24. The average Bonchev–Trinajstić information content (AvgIpc) is 2.24. The van der Waals surface area contributed by atoms with Gasteiger partial charge in [-0.25, -0.2) is 0 Å². The molecular formula is C17H27NO2. The van der Waals surface area contributed by atoms with E-state index in [1.54, 1.807) is 0 Å².